The molecular formula is C15H24N6O. The molecule has 0 aromatic carbocycles. The van der Waals surface area contributed by atoms with Crippen LogP contribution < -0.4 is 10.2 Å². The summed E-state index contributed by atoms with van der Waals surface area (Å²) in [6, 6.07) is 0. The van der Waals surface area contributed by atoms with Gasteiger partial charge < -0.3 is 15.1 Å². The van der Waals surface area contributed by atoms with Gasteiger partial charge in [0.2, 0.25) is 5.91 Å². The van der Waals surface area contributed by atoms with E-state index in [9.17, 15) is 4.79 Å². The first kappa shape index (κ1) is 14.9. The Morgan fingerprint density at radius 1 is 1.45 bits per heavy atom. The van der Waals surface area contributed by atoms with Crippen LogP contribution in [-0.2, 0) is 11.8 Å². The van der Waals surface area contributed by atoms with Crippen molar-refractivity contribution in [2.24, 2.45) is 18.0 Å². The summed E-state index contributed by atoms with van der Waals surface area (Å²) in [5.41, 5.74) is 0.865. The Kier molecular flexibility index (Phi) is 4.31. The molecule has 3 rings (SSSR count). The largest absolute Gasteiger partial charge is 0.356 e. The zero-order valence-electron chi connectivity index (χ0n) is 13.3. The van der Waals surface area contributed by atoms with E-state index in [-0.39, 0.29) is 5.91 Å². The van der Waals surface area contributed by atoms with Crippen LogP contribution in [0.2, 0.25) is 0 Å². The first-order valence-corrected chi connectivity index (χ1v) is 7.92. The molecule has 2 heterocycles. The summed E-state index contributed by atoms with van der Waals surface area (Å²) in [5.74, 6) is 1.70. The maximum Gasteiger partial charge on any atom is 0.246 e. The number of piperazine rings is 1. The van der Waals surface area contributed by atoms with Gasteiger partial charge in [0, 0.05) is 39.9 Å². The second kappa shape index (κ2) is 6.37. The molecular weight excluding hydrogens is 280 g/mol. The first-order valence-electron chi connectivity index (χ1n) is 7.92. The molecule has 1 saturated carbocycles. The Morgan fingerprint density at radius 2 is 2.27 bits per heavy atom. The maximum atomic E-state index is 12.4. The second-order valence-corrected chi connectivity index (χ2v) is 6.06. The van der Waals surface area contributed by atoms with E-state index in [0.717, 1.165) is 30.7 Å². The predicted octanol–water partition coefficient (Wildman–Crippen LogP) is 0.444. The molecule has 1 saturated heterocycles. The molecule has 7 heteroatoms. The fourth-order valence-electron chi connectivity index (χ4n) is 2.94. The Labute approximate surface area is 131 Å². The third kappa shape index (κ3) is 3.08. The first-order chi connectivity index (χ1) is 10.7. The number of carbonyl (C=O) groups excluding carboxylic acids is 1. The highest BCUT2D eigenvalue weighted by molar-refractivity contribution is 5.98. The number of hydrogen-bond donors (Lipinski definition) is 1. The van der Waals surface area contributed by atoms with Crippen LogP contribution in [-0.4, -0.2) is 59.8 Å². The Balaban J connectivity index is 1.57. The molecule has 1 aliphatic heterocycles. The van der Waals surface area contributed by atoms with Gasteiger partial charge in [-0.25, -0.2) is 0 Å². The van der Waals surface area contributed by atoms with Crippen LogP contribution in [0.15, 0.2) is 17.4 Å². The molecule has 0 unspecified atom stereocenters. The SMILES string of the molecule is CN=C(NCC1CCC1)N1CCN(c2cnn(C)c2)C(=O)C1. The van der Waals surface area contributed by atoms with E-state index in [0.29, 0.717) is 13.1 Å². The van der Waals surface area contributed by atoms with Gasteiger partial charge in [0.1, 0.15) is 6.54 Å². The van der Waals surface area contributed by atoms with Crippen molar-refractivity contribution < 1.29 is 4.79 Å². The van der Waals surface area contributed by atoms with Crippen molar-refractivity contribution in [3.63, 3.8) is 0 Å². The summed E-state index contributed by atoms with van der Waals surface area (Å²) >= 11 is 0. The molecule has 2 fully saturated rings. The van der Waals surface area contributed by atoms with Crippen LogP contribution in [0.3, 0.4) is 0 Å². The second-order valence-electron chi connectivity index (χ2n) is 6.06. The number of aromatic nitrogens is 2. The van der Waals surface area contributed by atoms with E-state index in [1.54, 1.807) is 22.8 Å². The van der Waals surface area contributed by atoms with Crippen molar-refractivity contribution in [1.82, 2.24) is 20.0 Å². The van der Waals surface area contributed by atoms with Crippen LogP contribution in [0.5, 0.6) is 0 Å². The minimum atomic E-state index is 0.0887. The molecule has 0 spiro atoms. The number of aliphatic imine (C=N–C) groups is 1. The molecule has 0 atom stereocenters. The third-order valence-electron chi connectivity index (χ3n) is 4.51. The highest BCUT2D eigenvalue weighted by Crippen LogP contribution is 2.25. The van der Waals surface area contributed by atoms with E-state index >= 15 is 0 Å². The monoisotopic (exact) mass is 304 g/mol. The molecule has 1 aliphatic carbocycles. The summed E-state index contributed by atoms with van der Waals surface area (Å²) in [5, 5.41) is 7.54. The van der Waals surface area contributed by atoms with Gasteiger partial charge in [-0.05, 0) is 18.8 Å². The van der Waals surface area contributed by atoms with Crippen molar-refractivity contribution in [2.75, 3.05) is 38.1 Å². The van der Waals surface area contributed by atoms with Crippen LogP contribution in [0.25, 0.3) is 0 Å². The number of aryl methyl sites for hydroxylation is 1. The maximum absolute atomic E-state index is 12.4. The van der Waals surface area contributed by atoms with Crippen molar-refractivity contribution in [3.05, 3.63) is 12.4 Å². The Hall–Kier alpha value is -2.05. The van der Waals surface area contributed by atoms with Gasteiger partial charge in [-0.2, -0.15) is 5.10 Å². The molecule has 1 amide bonds. The number of carbonyl (C=O) groups is 1. The lowest BCUT2D eigenvalue weighted by Crippen LogP contribution is -2.55. The zero-order valence-corrected chi connectivity index (χ0v) is 13.3. The topological polar surface area (TPSA) is 65.8 Å². The average molecular weight is 304 g/mol. The molecule has 1 aromatic heterocycles. The lowest BCUT2D eigenvalue weighted by molar-refractivity contribution is -0.120. The van der Waals surface area contributed by atoms with Gasteiger partial charge in [0.15, 0.2) is 5.96 Å². The minimum absolute atomic E-state index is 0.0887. The van der Waals surface area contributed by atoms with Gasteiger partial charge in [0.25, 0.3) is 0 Å². The van der Waals surface area contributed by atoms with E-state index in [4.69, 9.17) is 0 Å². The van der Waals surface area contributed by atoms with Gasteiger partial charge in [-0.3, -0.25) is 14.5 Å². The number of anilines is 1. The van der Waals surface area contributed by atoms with Crippen LogP contribution in [0.1, 0.15) is 19.3 Å². The molecule has 1 aromatic rings. The molecule has 0 radical (unpaired) electrons. The number of guanidine groups is 1. The number of amides is 1. The quantitative estimate of drug-likeness (QED) is 0.650. The van der Waals surface area contributed by atoms with Gasteiger partial charge >= 0.3 is 0 Å². The summed E-state index contributed by atoms with van der Waals surface area (Å²) in [6.45, 7) is 2.77. The lowest BCUT2D eigenvalue weighted by Gasteiger charge is -2.36. The zero-order chi connectivity index (χ0) is 15.5. The van der Waals surface area contributed by atoms with Crippen molar-refractivity contribution in [1.29, 1.82) is 0 Å². The smallest absolute Gasteiger partial charge is 0.246 e. The summed E-state index contributed by atoms with van der Waals surface area (Å²) in [4.78, 5) is 20.6. The fraction of sp³-hybridized carbons (Fsp3) is 0.667. The highest BCUT2D eigenvalue weighted by Gasteiger charge is 2.28. The molecule has 22 heavy (non-hydrogen) atoms. The summed E-state index contributed by atoms with van der Waals surface area (Å²) in [6.07, 6.45) is 7.55. The molecule has 2 aliphatic rings. The summed E-state index contributed by atoms with van der Waals surface area (Å²) in [7, 11) is 3.64. The van der Waals surface area contributed by atoms with Gasteiger partial charge in [-0.1, -0.05) is 6.42 Å². The van der Waals surface area contributed by atoms with E-state index in [1.165, 1.54) is 19.3 Å². The van der Waals surface area contributed by atoms with E-state index in [2.05, 4.69) is 15.4 Å². The van der Waals surface area contributed by atoms with Gasteiger partial charge in [-0.15, -0.1) is 0 Å². The van der Waals surface area contributed by atoms with E-state index < -0.39 is 0 Å². The normalized spacial score (nSPS) is 20.3. The van der Waals surface area contributed by atoms with E-state index in [1.807, 2.05) is 18.1 Å². The Morgan fingerprint density at radius 3 is 2.82 bits per heavy atom. The van der Waals surface area contributed by atoms with Crippen molar-refractivity contribution in [3.8, 4) is 0 Å². The molecule has 1 N–H and O–H groups in total. The van der Waals surface area contributed by atoms with Gasteiger partial charge in [0.05, 0.1) is 11.9 Å². The van der Waals surface area contributed by atoms with Crippen LogP contribution >= 0.6 is 0 Å². The summed E-state index contributed by atoms with van der Waals surface area (Å²) < 4.78 is 1.72. The van der Waals surface area contributed by atoms with Crippen LogP contribution in [0.4, 0.5) is 5.69 Å². The number of nitrogens with one attached hydrogen (secondary N) is 1. The standard InChI is InChI=1S/C15H24N6O/c1-16-15(17-8-12-4-3-5-12)20-6-7-21(14(22)11-20)13-9-18-19(2)10-13/h9-10,12H,3-8,11H2,1-2H3,(H,16,17). The fourth-order valence-corrected chi connectivity index (χ4v) is 2.94. The number of hydrogen-bond acceptors (Lipinski definition) is 3. The van der Waals surface area contributed by atoms with Crippen molar-refractivity contribution >= 4 is 17.6 Å². The predicted molar refractivity (Wildman–Crippen MR) is 85.8 cm³/mol. The molecule has 120 valence electrons. The minimum Gasteiger partial charge on any atom is -0.356 e. The average Bonchev–Trinajstić information content (AvgIpc) is 2.88. The van der Waals surface area contributed by atoms with Crippen molar-refractivity contribution in [2.45, 2.75) is 19.3 Å². The number of rotatable bonds is 3. The highest BCUT2D eigenvalue weighted by atomic mass is 16.2. The lowest BCUT2D eigenvalue weighted by atomic mass is 9.85. The van der Waals surface area contributed by atoms with Crippen LogP contribution in [0, 0.1) is 5.92 Å². The number of nitrogens with zero attached hydrogens (tertiary/aromatic N) is 5. The molecule has 0 bridgehead atoms. The Bertz CT molecular complexity index is 562. The third-order valence-corrected chi connectivity index (χ3v) is 4.51. The molecule has 7 nitrogen and oxygen atoms in total.